The Morgan fingerprint density at radius 1 is 1.30 bits per heavy atom. The molecule has 0 radical (unpaired) electrons. The Kier molecular flexibility index (Phi) is 5.95. The van der Waals surface area contributed by atoms with E-state index in [0.717, 1.165) is 32.1 Å². The van der Waals surface area contributed by atoms with Gasteiger partial charge in [-0.3, -0.25) is 4.79 Å². The molecule has 0 aromatic rings. The first-order valence-electron chi connectivity index (χ1n) is 7.97. The fraction of sp³-hybridized carbons (Fsp3) is 0.647. The van der Waals surface area contributed by atoms with Crippen molar-refractivity contribution in [3.63, 3.8) is 0 Å². The topological polar surface area (TPSA) is 74.6 Å². The van der Waals surface area contributed by atoms with Crippen molar-refractivity contribution in [2.24, 2.45) is 17.3 Å². The molecule has 1 saturated carbocycles. The van der Waals surface area contributed by atoms with Crippen molar-refractivity contribution in [2.75, 3.05) is 5.33 Å². The Bertz CT molecular complexity index is 563. The highest BCUT2D eigenvalue weighted by Crippen LogP contribution is 2.51. The van der Waals surface area contributed by atoms with E-state index < -0.39 is 23.3 Å². The van der Waals surface area contributed by atoms with Gasteiger partial charge in [0.15, 0.2) is 0 Å². The third kappa shape index (κ3) is 3.50. The zero-order valence-electron chi connectivity index (χ0n) is 13.1. The van der Waals surface area contributed by atoms with E-state index in [9.17, 15) is 19.8 Å². The Morgan fingerprint density at radius 3 is 2.39 bits per heavy atom. The molecule has 2 atom stereocenters. The molecule has 2 unspecified atom stereocenters. The van der Waals surface area contributed by atoms with Crippen LogP contribution < -0.4 is 0 Å². The largest absolute Gasteiger partial charge is 0.481 e. The Hall–Kier alpha value is -0.810. The molecular weight excluding hydrogens is 384 g/mol. The van der Waals surface area contributed by atoms with Crippen LogP contribution in [0.5, 0.6) is 0 Å². The summed E-state index contributed by atoms with van der Waals surface area (Å²) in [5.41, 5.74) is -0.536. The number of aliphatic carboxylic acids is 2. The highest BCUT2D eigenvalue weighted by Gasteiger charge is 2.51. The van der Waals surface area contributed by atoms with Gasteiger partial charge in [-0.1, -0.05) is 52.9 Å². The molecule has 0 aromatic carbocycles. The van der Waals surface area contributed by atoms with Crippen LogP contribution in [0.2, 0.25) is 0 Å². The SMILES string of the molecule is CC1(C(=O)O)C=C(CCBr)C(Cl)=C(C(=O)O)C1C1CCCCC1. The number of carboxylic acids is 2. The van der Waals surface area contributed by atoms with Gasteiger partial charge in [-0.05, 0) is 37.7 Å². The predicted molar refractivity (Wildman–Crippen MR) is 92.8 cm³/mol. The van der Waals surface area contributed by atoms with Crippen molar-refractivity contribution in [3.8, 4) is 0 Å². The molecule has 23 heavy (non-hydrogen) atoms. The first kappa shape index (κ1) is 18.5. The quantitative estimate of drug-likeness (QED) is 0.657. The van der Waals surface area contributed by atoms with Crippen LogP contribution in [0.15, 0.2) is 22.3 Å². The number of carbonyl (C=O) groups is 2. The average molecular weight is 406 g/mol. The molecule has 0 aliphatic heterocycles. The van der Waals surface area contributed by atoms with Gasteiger partial charge >= 0.3 is 11.9 Å². The highest BCUT2D eigenvalue weighted by atomic mass is 79.9. The molecule has 2 N–H and O–H groups in total. The van der Waals surface area contributed by atoms with E-state index in [4.69, 9.17) is 11.6 Å². The van der Waals surface area contributed by atoms with Crippen LogP contribution in [-0.2, 0) is 9.59 Å². The van der Waals surface area contributed by atoms with Gasteiger partial charge in [-0.15, -0.1) is 0 Å². The summed E-state index contributed by atoms with van der Waals surface area (Å²) in [6.07, 6.45) is 7.06. The van der Waals surface area contributed by atoms with E-state index in [2.05, 4.69) is 15.9 Å². The maximum atomic E-state index is 12.0. The number of carboxylic acid groups (broad SMARTS) is 2. The van der Waals surface area contributed by atoms with Gasteiger partial charge in [0.1, 0.15) is 0 Å². The minimum absolute atomic E-state index is 0.0477. The van der Waals surface area contributed by atoms with E-state index in [1.54, 1.807) is 13.0 Å². The molecule has 1 fully saturated rings. The van der Waals surface area contributed by atoms with Gasteiger partial charge in [0.2, 0.25) is 0 Å². The van der Waals surface area contributed by atoms with Crippen molar-refractivity contribution in [3.05, 3.63) is 22.3 Å². The first-order chi connectivity index (χ1) is 10.8. The second-order valence-corrected chi connectivity index (χ2v) is 7.78. The highest BCUT2D eigenvalue weighted by molar-refractivity contribution is 9.09. The fourth-order valence-corrected chi connectivity index (χ4v) is 4.80. The molecule has 0 amide bonds. The Morgan fingerprint density at radius 2 is 1.91 bits per heavy atom. The van der Waals surface area contributed by atoms with Crippen molar-refractivity contribution in [2.45, 2.75) is 45.4 Å². The Balaban J connectivity index is 2.58. The van der Waals surface area contributed by atoms with Crippen LogP contribution in [0.25, 0.3) is 0 Å². The van der Waals surface area contributed by atoms with Crippen molar-refractivity contribution < 1.29 is 19.8 Å². The molecule has 0 bridgehead atoms. The van der Waals surface area contributed by atoms with Crippen LogP contribution >= 0.6 is 27.5 Å². The molecule has 0 aromatic heterocycles. The summed E-state index contributed by atoms with van der Waals surface area (Å²) in [4.78, 5) is 23.9. The summed E-state index contributed by atoms with van der Waals surface area (Å²) in [6.45, 7) is 1.63. The summed E-state index contributed by atoms with van der Waals surface area (Å²) in [5, 5.41) is 20.4. The molecule has 2 aliphatic rings. The van der Waals surface area contributed by atoms with Gasteiger partial charge in [-0.2, -0.15) is 0 Å². The summed E-state index contributed by atoms with van der Waals surface area (Å²) in [5.74, 6) is -2.61. The summed E-state index contributed by atoms with van der Waals surface area (Å²) in [7, 11) is 0. The van der Waals surface area contributed by atoms with Gasteiger partial charge < -0.3 is 10.2 Å². The summed E-state index contributed by atoms with van der Waals surface area (Å²) < 4.78 is 0. The molecule has 0 saturated heterocycles. The van der Waals surface area contributed by atoms with Crippen LogP contribution in [0.3, 0.4) is 0 Å². The van der Waals surface area contributed by atoms with E-state index in [1.807, 2.05) is 0 Å². The van der Waals surface area contributed by atoms with Crippen LogP contribution in [0, 0.1) is 17.3 Å². The van der Waals surface area contributed by atoms with Gasteiger partial charge in [-0.25, -0.2) is 4.79 Å². The van der Waals surface area contributed by atoms with Crippen LogP contribution in [0.4, 0.5) is 0 Å². The van der Waals surface area contributed by atoms with E-state index in [1.165, 1.54) is 0 Å². The minimum atomic E-state index is -1.23. The lowest BCUT2D eigenvalue weighted by molar-refractivity contribution is -0.149. The average Bonchev–Trinajstić information content (AvgIpc) is 2.50. The zero-order chi connectivity index (χ0) is 17.2. The number of hydrogen-bond acceptors (Lipinski definition) is 2. The molecule has 4 nitrogen and oxygen atoms in total. The van der Waals surface area contributed by atoms with Gasteiger partial charge in [0, 0.05) is 11.2 Å². The fourth-order valence-electron chi connectivity index (χ4n) is 4.02. The number of allylic oxidation sites excluding steroid dienone is 2. The van der Waals surface area contributed by atoms with Gasteiger partial charge in [0.05, 0.1) is 16.0 Å². The van der Waals surface area contributed by atoms with Crippen molar-refractivity contribution >= 4 is 39.5 Å². The molecule has 2 rings (SSSR count). The number of alkyl halides is 1. The molecule has 128 valence electrons. The summed E-state index contributed by atoms with van der Waals surface area (Å²) >= 11 is 9.70. The first-order valence-corrected chi connectivity index (χ1v) is 9.47. The molecule has 6 heteroatoms. The third-order valence-electron chi connectivity index (χ3n) is 5.13. The third-order valence-corrected chi connectivity index (χ3v) is 5.97. The van der Waals surface area contributed by atoms with Crippen molar-refractivity contribution in [1.82, 2.24) is 0 Å². The van der Waals surface area contributed by atoms with E-state index in [-0.39, 0.29) is 16.5 Å². The second kappa shape index (κ2) is 7.39. The smallest absolute Gasteiger partial charge is 0.333 e. The normalized spacial score (nSPS) is 29.3. The maximum absolute atomic E-state index is 12.0. The lowest BCUT2D eigenvalue weighted by Gasteiger charge is -2.42. The van der Waals surface area contributed by atoms with E-state index >= 15 is 0 Å². The standard InChI is InChI=1S/C17H22BrClO4/c1-17(16(22)23)9-11(7-8-18)14(19)12(15(20)21)13(17)10-5-3-2-4-6-10/h9-10,13H,2-8H2,1H3,(H,20,21)(H,22,23). The zero-order valence-corrected chi connectivity index (χ0v) is 15.5. The lowest BCUT2D eigenvalue weighted by atomic mass is 9.60. The number of halogens is 2. The van der Waals surface area contributed by atoms with Crippen LogP contribution in [-0.4, -0.2) is 27.5 Å². The maximum Gasteiger partial charge on any atom is 0.333 e. The molecular formula is C17H22BrClO4. The second-order valence-electron chi connectivity index (χ2n) is 6.60. The lowest BCUT2D eigenvalue weighted by Crippen LogP contribution is -2.44. The molecule has 0 spiro atoms. The molecule has 0 heterocycles. The molecule has 2 aliphatic carbocycles. The van der Waals surface area contributed by atoms with Gasteiger partial charge in [0.25, 0.3) is 0 Å². The van der Waals surface area contributed by atoms with Crippen molar-refractivity contribution in [1.29, 1.82) is 0 Å². The monoisotopic (exact) mass is 404 g/mol. The number of hydrogen-bond donors (Lipinski definition) is 2. The summed E-state index contributed by atoms with van der Waals surface area (Å²) in [6, 6.07) is 0. The predicted octanol–water partition coefficient (Wildman–Crippen LogP) is 4.58. The minimum Gasteiger partial charge on any atom is -0.481 e. The number of rotatable bonds is 5. The van der Waals surface area contributed by atoms with Crippen LogP contribution in [0.1, 0.15) is 45.4 Å². The Labute approximate surface area is 149 Å². The van der Waals surface area contributed by atoms with E-state index in [0.29, 0.717) is 17.3 Å².